The molecule has 0 aromatic rings. The van der Waals surface area contributed by atoms with Crippen molar-refractivity contribution in [2.45, 2.75) is 32.2 Å². The molecular weight excluding hydrogens is 180 g/mol. The number of likely N-dealkylation sites (tertiary alicyclic amines) is 1. The van der Waals surface area contributed by atoms with Crippen molar-refractivity contribution in [1.29, 1.82) is 0 Å². The molecule has 3 nitrogen and oxygen atoms in total. The van der Waals surface area contributed by atoms with Gasteiger partial charge in [-0.1, -0.05) is 0 Å². The van der Waals surface area contributed by atoms with Gasteiger partial charge in [0.1, 0.15) is 0 Å². The average Bonchev–Trinajstić information content (AvgIpc) is 2.31. The van der Waals surface area contributed by atoms with Gasteiger partial charge in [-0.3, -0.25) is 9.59 Å². The first-order chi connectivity index (χ1) is 6.02. The van der Waals surface area contributed by atoms with Crippen LogP contribution in [-0.4, -0.2) is 35.6 Å². The van der Waals surface area contributed by atoms with Gasteiger partial charge >= 0.3 is 0 Å². The Morgan fingerprint density at radius 2 is 2.08 bits per heavy atom. The average molecular weight is 191 g/mol. The van der Waals surface area contributed by atoms with Crippen LogP contribution >= 0.6 is 0 Å². The van der Waals surface area contributed by atoms with Crippen molar-refractivity contribution in [2.24, 2.45) is 0 Å². The summed E-state index contributed by atoms with van der Waals surface area (Å²) >= 11 is 0. The lowest BCUT2D eigenvalue weighted by Gasteiger charge is -2.22. The summed E-state index contributed by atoms with van der Waals surface area (Å²) in [6.45, 7) is 1.81. The molecule has 0 aliphatic carbocycles. The highest BCUT2D eigenvalue weighted by Crippen LogP contribution is 2.15. The normalized spacial score (nSPS) is 20.2. The molecule has 74 valence electrons. The first kappa shape index (κ1) is 10.1. The van der Waals surface area contributed by atoms with Gasteiger partial charge in [0, 0.05) is 25.4 Å². The van der Waals surface area contributed by atoms with Gasteiger partial charge in [-0.15, -0.1) is 0 Å². The van der Waals surface area contributed by atoms with Crippen molar-refractivity contribution in [3.63, 3.8) is 0 Å². The molecule has 1 rings (SSSR count). The van der Waals surface area contributed by atoms with Crippen LogP contribution in [0.15, 0.2) is 0 Å². The molecule has 1 saturated heterocycles. The van der Waals surface area contributed by atoms with Crippen molar-refractivity contribution in [2.75, 3.05) is 6.54 Å². The number of halogens is 2. The molecule has 1 heterocycles. The second kappa shape index (κ2) is 3.81. The van der Waals surface area contributed by atoms with Crippen molar-refractivity contribution < 1.29 is 18.4 Å². The number of carbonyl (C=O) groups excluding carboxylic acids is 2. The third-order valence-electron chi connectivity index (χ3n) is 2.13. The monoisotopic (exact) mass is 191 g/mol. The third kappa shape index (κ3) is 2.23. The van der Waals surface area contributed by atoms with Crippen molar-refractivity contribution in [3.8, 4) is 0 Å². The molecular formula is C8H11F2NO2. The Morgan fingerprint density at radius 1 is 1.46 bits per heavy atom. The maximum absolute atomic E-state index is 11.9. The molecule has 0 radical (unpaired) electrons. The molecule has 0 aromatic carbocycles. The molecule has 0 aromatic heterocycles. The lowest BCUT2D eigenvalue weighted by Crippen LogP contribution is -2.36. The van der Waals surface area contributed by atoms with Gasteiger partial charge in [-0.05, 0) is 6.92 Å². The number of amides is 1. The van der Waals surface area contributed by atoms with E-state index < -0.39 is 24.2 Å². The summed E-state index contributed by atoms with van der Waals surface area (Å²) in [7, 11) is 0. The highest BCUT2D eigenvalue weighted by atomic mass is 19.3. The van der Waals surface area contributed by atoms with E-state index in [1.54, 1.807) is 0 Å². The number of hydrogen-bond acceptors (Lipinski definition) is 2. The fourth-order valence-electron chi connectivity index (χ4n) is 1.40. The number of alkyl halides is 2. The predicted molar refractivity (Wildman–Crippen MR) is 41.4 cm³/mol. The van der Waals surface area contributed by atoms with Crippen LogP contribution in [-0.2, 0) is 9.59 Å². The van der Waals surface area contributed by atoms with Crippen molar-refractivity contribution in [3.05, 3.63) is 0 Å². The summed E-state index contributed by atoms with van der Waals surface area (Å²) in [4.78, 5) is 23.1. The summed E-state index contributed by atoms with van der Waals surface area (Å²) in [5, 5.41) is 0. The highest BCUT2D eigenvalue weighted by Gasteiger charge is 2.33. The van der Waals surface area contributed by atoms with Gasteiger partial charge in [0.05, 0.1) is 0 Å². The fraction of sp³-hybridized carbons (Fsp3) is 0.750. The minimum atomic E-state index is -2.43. The molecule has 1 unspecified atom stereocenters. The van der Waals surface area contributed by atoms with Gasteiger partial charge < -0.3 is 4.90 Å². The van der Waals surface area contributed by atoms with Crippen LogP contribution in [0.5, 0.6) is 0 Å². The van der Waals surface area contributed by atoms with E-state index in [9.17, 15) is 18.4 Å². The van der Waals surface area contributed by atoms with Crippen molar-refractivity contribution in [1.82, 2.24) is 4.90 Å². The third-order valence-corrected chi connectivity index (χ3v) is 2.13. The Hall–Kier alpha value is -1.00. The summed E-state index contributed by atoms with van der Waals surface area (Å²) < 4.78 is 23.9. The maximum atomic E-state index is 11.9. The van der Waals surface area contributed by atoms with Gasteiger partial charge in [-0.2, -0.15) is 0 Å². The van der Waals surface area contributed by atoms with E-state index in [4.69, 9.17) is 0 Å². The lowest BCUT2D eigenvalue weighted by atomic mass is 10.2. The first-order valence-corrected chi connectivity index (χ1v) is 4.14. The topological polar surface area (TPSA) is 37.4 Å². The fourth-order valence-corrected chi connectivity index (χ4v) is 1.40. The summed E-state index contributed by atoms with van der Waals surface area (Å²) in [6.07, 6.45) is -2.63. The number of hydrogen-bond donors (Lipinski definition) is 0. The number of nitrogens with zero attached hydrogens (tertiary/aromatic N) is 1. The standard InChI is InChI=1S/C8H11F2NO2/c1-5(4-7(9)10)11-3-2-6(12)8(11)13/h5,7H,2-4H2,1H3. The summed E-state index contributed by atoms with van der Waals surface area (Å²) in [5.74, 6) is -1.09. The van der Waals surface area contributed by atoms with E-state index in [0.29, 0.717) is 0 Å². The molecule has 1 fully saturated rings. The van der Waals surface area contributed by atoms with Crippen LogP contribution in [0.4, 0.5) is 8.78 Å². The number of Topliss-reactive ketones (excluding diaryl/α,β-unsaturated/α-hetero) is 1. The molecule has 0 bridgehead atoms. The second-order valence-corrected chi connectivity index (χ2v) is 3.15. The van der Waals surface area contributed by atoms with E-state index >= 15 is 0 Å². The zero-order valence-corrected chi connectivity index (χ0v) is 7.30. The Morgan fingerprint density at radius 3 is 2.46 bits per heavy atom. The Kier molecular flexibility index (Phi) is 2.95. The van der Waals surface area contributed by atoms with Crippen LogP contribution in [0.2, 0.25) is 0 Å². The molecule has 1 amide bonds. The second-order valence-electron chi connectivity index (χ2n) is 3.15. The molecule has 13 heavy (non-hydrogen) atoms. The van der Waals surface area contributed by atoms with E-state index in [1.807, 2.05) is 0 Å². The Bertz CT molecular complexity index is 230. The molecule has 0 N–H and O–H groups in total. The summed E-state index contributed by atoms with van der Waals surface area (Å²) in [6, 6.07) is -0.543. The Labute approximate surface area is 74.7 Å². The van der Waals surface area contributed by atoms with E-state index in [0.717, 1.165) is 0 Å². The van der Waals surface area contributed by atoms with Gasteiger partial charge in [0.15, 0.2) is 0 Å². The number of rotatable bonds is 3. The molecule has 1 aliphatic rings. The minimum absolute atomic E-state index is 0.159. The van der Waals surface area contributed by atoms with Gasteiger partial charge in [0.2, 0.25) is 12.2 Å². The van der Waals surface area contributed by atoms with Crippen molar-refractivity contribution >= 4 is 11.7 Å². The van der Waals surface area contributed by atoms with Gasteiger partial charge in [-0.25, -0.2) is 8.78 Å². The quantitative estimate of drug-likeness (QED) is 0.619. The van der Waals surface area contributed by atoms with Crippen LogP contribution in [0.3, 0.4) is 0 Å². The van der Waals surface area contributed by atoms with Crippen LogP contribution in [0, 0.1) is 0 Å². The molecule has 1 atom stereocenters. The molecule has 0 spiro atoms. The lowest BCUT2D eigenvalue weighted by molar-refractivity contribution is -0.141. The highest BCUT2D eigenvalue weighted by molar-refractivity contribution is 6.37. The molecule has 1 aliphatic heterocycles. The zero-order valence-electron chi connectivity index (χ0n) is 7.30. The predicted octanol–water partition coefficient (Wildman–Crippen LogP) is 0.832. The van der Waals surface area contributed by atoms with E-state index in [2.05, 4.69) is 0 Å². The van der Waals surface area contributed by atoms with Crippen LogP contribution in [0.1, 0.15) is 19.8 Å². The van der Waals surface area contributed by atoms with Crippen LogP contribution in [0.25, 0.3) is 0 Å². The Balaban J connectivity index is 2.53. The van der Waals surface area contributed by atoms with Gasteiger partial charge in [0.25, 0.3) is 5.91 Å². The SMILES string of the molecule is CC(CC(F)F)N1CCC(=O)C1=O. The minimum Gasteiger partial charge on any atom is -0.333 e. The number of ketones is 1. The largest absolute Gasteiger partial charge is 0.333 e. The van der Waals surface area contributed by atoms with Crippen LogP contribution < -0.4 is 0 Å². The smallest absolute Gasteiger partial charge is 0.290 e. The maximum Gasteiger partial charge on any atom is 0.290 e. The zero-order chi connectivity index (χ0) is 10.0. The van der Waals surface area contributed by atoms with E-state index in [-0.39, 0.29) is 19.4 Å². The molecule has 0 saturated carbocycles. The number of carbonyl (C=O) groups is 2. The summed E-state index contributed by atoms with van der Waals surface area (Å²) in [5.41, 5.74) is 0. The first-order valence-electron chi connectivity index (χ1n) is 4.14. The molecule has 5 heteroatoms. The van der Waals surface area contributed by atoms with E-state index in [1.165, 1.54) is 11.8 Å².